The van der Waals surface area contributed by atoms with Crippen molar-refractivity contribution in [1.29, 1.82) is 0 Å². The van der Waals surface area contributed by atoms with Crippen LogP contribution in [0, 0.1) is 10.1 Å². The lowest BCUT2D eigenvalue weighted by molar-refractivity contribution is -0.384. The second kappa shape index (κ2) is 5.80. The lowest BCUT2D eigenvalue weighted by Gasteiger charge is -2.04. The van der Waals surface area contributed by atoms with Crippen LogP contribution >= 0.6 is 0 Å². The van der Waals surface area contributed by atoms with E-state index in [9.17, 15) is 19.7 Å². The quantitative estimate of drug-likeness (QED) is 0.460. The van der Waals surface area contributed by atoms with Crippen molar-refractivity contribution in [3.63, 3.8) is 0 Å². The SMILES string of the molecule is CCOC(=O)CNC(=O)c1cc([N+](=O)[O-])cn1C. The van der Waals surface area contributed by atoms with E-state index < -0.39 is 16.8 Å². The molecule has 0 aromatic carbocycles. The monoisotopic (exact) mass is 255 g/mol. The molecule has 1 heterocycles. The Morgan fingerprint density at radius 1 is 1.56 bits per heavy atom. The van der Waals surface area contributed by atoms with Crippen molar-refractivity contribution in [3.8, 4) is 0 Å². The lowest BCUT2D eigenvalue weighted by atomic mass is 10.4. The Morgan fingerprint density at radius 2 is 2.22 bits per heavy atom. The Bertz CT molecular complexity index is 480. The van der Waals surface area contributed by atoms with Crippen LogP contribution in [-0.4, -0.2) is 34.5 Å². The minimum Gasteiger partial charge on any atom is -0.465 e. The van der Waals surface area contributed by atoms with Crippen molar-refractivity contribution < 1.29 is 19.2 Å². The number of nitrogens with zero attached hydrogens (tertiary/aromatic N) is 2. The maximum Gasteiger partial charge on any atom is 0.325 e. The van der Waals surface area contributed by atoms with Gasteiger partial charge in [0, 0.05) is 13.1 Å². The molecule has 0 aliphatic carbocycles. The predicted molar refractivity (Wildman–Crippen MR) is 61.0 cm³/mol. The van der Waals surface area contributed by atoms with Crippen molar-refractivity contribution in [2.45, 2.75) is 6.92 Å². The zero-order valence-electron chi connectivity index (χ0n) is 10.0. The number of carbonyl (C=O) groups excluding carboxylic acids is 2. The van der Waals surface area contributed by atoms with Crippen molar-refractivity contribution in [2.75, 3.05) is 13.2 Å². The van der Waals surface area contributed by atoms with E-state index in [-0.39, 0.29) is 24.5 Å². The molecule has 0 saturated heterocycles. The molecule has 0 atom stereocenters. The minimum atomic E-state index is -0.595. The summed E-state index contributed by atoms with van der Waals surface area (Å²) in [5, 5.41) is 12.8. The van der Waals surface area contributed by atoms with Crippen LogP contribution in [0.15, 0.2) is 12.3 Å². The highest BCUT2D eigenvalue weighted by Gasteiger charge is 2.17. The van der Waals surface area contributed by atoms with Gasteiger partial charge in [0.1, 0.15) is 12.2 Å². The fraction of sp³-hybridized carbons (Fsp3) is 0.400. The van der Waals surface area contributed by atoms with E-state index in [2.05, 4.69) is 10.1 Å². The number of hydrogen-bond acceptors (Lipinski definition) is 5. The highest BCUT2D eigenvalue weighted by atomic mass is 16.6. The third-order valence-corrected chi connectivity index (χ3v) is 2.13. The summed E-state index contributed by atoms with van der Waals surface area (Å²) in [6.07, 6.45) is 1.22. The van der Waals surface area contributed by atoms with Gasteiger partial charge in [-0.1, -0.05) is 0 Å². The molecule has 0 saturated carbocycles. The first-order valence-electron chi connectivity index (χ1n) is 5.20. The van der Waals surface area contributed by atoms with E-state index in [0.717, 1.165) is 6.07 Å². The molecule has 8 heteroatoms. The van der Waals surface area contributed by atoms with Gasteiger partial charge < -0.3 is 14.6 Å². The van der Waals surface area contributed by atoms with E-state index in [1.54, 1.807) is 6.92 Å². The summed E-state index contributed by atoms with van der Waals surface area (Å²) in [5.74, 6) is -1.13. The smallest absolute Gasteiger partial charge is 0.325 e. The number of nitrogens with one attached hydrogen (secondary N) is 1. The van der Waals surface area contributed by atoms with Crippen LogP contribution in [0.1, 0.15) is 17.4 Å². The van der Waals surface area contributed by atoms with E-state index in [1.807, 2.05) is 0 Å². The summed E-state index contributed by atoms with van der Waals surface area (Å²) in [5.41, 5.74) is -0.0789. The van der Waals surface area contributed by atoms with E-state index in [0.29, 0.717) is 0 Å². The number of carbonyl (C=O) groups is 2. The molecular formula is C10H13N3O5. The number of aromatic nitrogens is 1. The number of esters is 1. The third kappa shape index (κ3) is 3.30. The summed E-state index contributed by atoms with van der Waals surface area (Å²) in [4.78, 5) is 32.6. The number of aryl methyl sites for hydroxylation is 1. The maximum absolute atomic E-state index is 11.6. The Kier molecular flexibility index (Phi) is 4.41. The number of amides is 1. The summed E-state index contributed by atoms with van der Waals surface area (Å²) >= 11 is 0. The standard InChI is InChI=1S/C10H13N3O5/c1-3-18-9(14)5-11-10(15)8-4-7(13(16)17)6-12(8)2/h4,6H,3,5H2,1-2H3,(H,11,15). The summed E-state index contributed by atoms with van der Waals surface area (Å²) in [6, 6.07) is 1.14. The fourth-order valence-electron chi connectivity index (χ4n) is 1.33. The fourth-order valence-corrected chi connectivity index (χ4v) is 1.33. The van der Waals surface area contributed by atoms with E-state index in [4.69, 9.17) is 0 Å². The van der Waals surface area contributed by atoms with Crippen molar-refractivity contribution in [3.05, 3.63) is 28.1 Å². The largest absolute Gasteiger partial charge is 0.465 e. The molecule has 1 amide bonds. The molecule has 98 valence electrons. The number of nitro groups is 1. The van der Waals surface area contributed by atoms with Crippen molar-refractivity contribution >= 4 is 17.6 Å². The molecule has 0 radical (unpaired) electrons. The highest BCUT2D eigenvalue weighted by Crippen LogP contribution is 2.14. The molecule has 0 bridgehead atoms. The van der Waals surface area contributed by atoms with Gasteiger partial charge in [-0.05, 0) is 6.92 Å². The van der Waals surface area contributed by atoms with Gasteiger partial charge in [0.05, 0.1) is 17.7 Å². The molecule has 1 aromatic heterocycles. The normalized spacial score (nSPS) is 9.89. The topological polar surface area (TPSA) is 103 Å². The van der Waals surface area contributed by atoms with Gasteiger partial charge in [-0.2, -0.15) is 0 Å². The molecule has 18 heavy (non-hydrogen) atoms. The molecular weight excluding hydrogens is 242 g/mol. The van der Waals surface area contributed by atoms with Gasteiger partial charge in [0.2, 0.25) is 0 Å². The predicted octanol–water partition coefficient (Wildman–Crippen LogP) is 0.226. The van der Waals surface area contributed by atoms with Crippen molar-refractivity contribution in [1.82, 2.24) is 9.88 Å². The molecule has 0 fully saturated rings. The molecule has 1 rings (SSSR count). The maximum atomic E-state index is 11.6. The Labute approximate surface area is 103 Å². The van der Waals surface area contributed by atoms with Gasteiger partial charge in [-0.3, -0.25) is 19.7 Å². The second-order valence-electron chi connectivity index (χ2n) is 3.44. The van der Waals surface area contributed by atoms with E-state index in [1.165, 1.54) is 17.8 Å². The molecule has 8 nitrogen and oxygen atoms in total. The van der Waals surface area contributed by atoms with Crippen molar-refractivity contribution in [2.24, 2.45) is 7.05 Å². The number of ether oxygens (including phenoxy) is 1. The summed E-state index contributed by atoms with van der Waals surface area (Å²) in [6.45, 7) is 1.61. The van der Waals surface area contributed by atoms with Gasteiger partial charge in [0.15, 0.2) is 0 Å². The average Bonchev–Trinajstić information content (AvgIpc) is 2.69. The zero-order valence-corrected chi connectivity index (χ0v) is 10.0. The third-order valence-electron chi connectivity index (χ3n) is 2.13. The molecule has 0 spiro atoms. The molecule has 0 aliphatic heterocycles. The van der Waals surface area contributed by atoms with Gasteiger partial charge in [-0.25, -0.2) is 0 Å². The summed E-state index contributed by atoms with van der Waals surface area (Å²) in [7, 11) is 1.51. The van der Waals surface area contributed by atoms with Crippen LogP contribution in [0.3, 0.4) is 0 Å². The Morgan fingerprint density at radius 3 is 2.72 bits per heavy atom. The van der Waals surface area contributed by atoms with Crippen LogP contribution in [0.4, 0.5) is 5.69 Å². The summed E-state index contributed by atoms with van der Waals surface area (Å²) < 4.78 is 5.95. The Balaban J connectivity index is 2.67. The zero-order chi connectivity index (χ0) is 13.7. The van der Waals surface area contributed by atoms with Crippen LogP contribution in [-0.2, 0) is 16.6 Å². The Hall–Kier alpha value is -2.38. The lowest BCUT2D eigenvalue weighted by Crippen LogP contribution is -2.31. The van der Waals surface area contributed by atoms with Crippen LogP contribution < -0.4 is 5.32 Å². The molecule has 1 aromatic rings. The van der Waals surface area contributed by atoms with Crippen LogP contribution in [0.5, 0.6) is 0 Å². The van der Waals surface area contributed by atoms with Gasteiger partial charge in [0.25, 0.3) is 11.6 Å². The number of hydrogen-bond donors (Lipinski definition) is 1. The molecule has 0 aliphatic rings. The average molecular weight is 255 g/mol. The molecule has 0 unspecified atom stereocenters. The van der Waals surface area contributed by atoms with Crippen LogP contribution in [0.2, 0.25) is 0 Å². The van der Waals surface area contributed by atoms with Gasteiger partial charge >= 0.3 is 5.97 Å². The van der Waals surface area contributed by atoms with E-state index >= 15 is 0 Å². The minimum absolute atomic E-state index is 0.103. The number of rotatable bonds is 5. The second-order valence-corrected chi connectivity index (χ2v) is 3.44. The van der Waals surface area contributed by atoms with Crippen LogP contribution in [0.25, 0.3) is 0 Å². The molecule has 1 N–H and O–H groups in total. The first-order valence-corrected chi connectivity index (χ1v) is 5.20. The van der Waals surface area contributed by atoms with Gasteiger partial charge in [-0.15, -0.1) is 0 Å². The highest BCUT2D eigenvalue weighted by molar-refractivity contribution is 5.95. The first-order chi connectivity index (χ1) is 8.45. The first kappa shape index (κ1) is 13.7.